The van der Waals surface area contributed by atoms with Crippen molar-refractivity contribution in [3.63, 3.8) is 0 Å². The Kier molecular flexibility index (Phi) is 4.06. The summed E-state index contributed by atoms with van der Waals surface area (Å²) in [6, 6.07) is -0.271. The monoisotopic (exact) mass is 242 g/mol. The molecule has 96 valence electrons. The van der Waals surface area contributed by atoms with Gasteiger partial charge in [0.1, 0.15) is 0 Å². The predicted molar refractivity (Wildman–Crippen MR) is 64.1 cm³/mol. The molecule has 1 aromatic rings. The van der Waals surface area contributed by atoms with Gasteiger partial charge in [-0.05, 0) is 5.92 Å². The maximum absolute atomic E-state index is 11.8. The fraction of sp³-hybridized carbons (Fsp3) is 0.700. The summed E-state index contributed by atoms with van der Waals surface area (Å²) < 4.78 is 2.06. The van der Waals surface area contributed by atoms with E-state index in [9.17, 15) is 14.7 Å². The first kappa shape index (κ1) is 13.4. The van der Waals surface area contributed by atoms with Crippen LogP contribution in [0.1, 0.15) is 13.8 Å². The third kappa shape index (κ3) is 2.73. The number of hydrogen-bond donors (Lipinski definition) is 2. The van der Waals surface area contributed by atoms with E-state index in [1.165, 1.54) is 14.1 Å². The first-order valence-corrected chi connectivity index (χ1v) is 5.40. The third-order valence-electron chi connectivity index (χ3n) is 2.64. The van der Waals surface area contributed by atoms with Crippen LogP contribution >= 0.6 is 0 Å². The highest BCUT2D eigenvalue weighted by Crippen LogP contribution is 2.05. The molecule has 17 heavy (non-hydrogen) atoms. The van der Waals surface area contributed by atoms with Gasteiger partial charge in [-0.2, -0.15) is 0 Å². The summed E-state index contributed by atoms with van der Waals surface area (Å²) >= 11 is 0. The van der Waals surface area contributed by atoms with E-state index in [-0.39, 0.29) is 24.4 Å². The third-order valence-corrected chi connectivity index (χ3v) is 2.64. The molecule has 0 aliphatic carbocycles. The van der Waals surface area contributed by atoms with Gasteiger partial charge in [0.05, 0.1) is 12.6 Å². The van der Waals surface area contributed by atoms with Crippen LogP contribution in [0.5, 0.6) is 0 Å². The number of nitrogens with one attached hydrogen (secondary N) is 1. The van der Waals surface area contributed by atoms with Crippen LogP contribution in [0.25, 0.3) is 0 Å². The van der Waals surface area contributed by atoms with Gasteiger partial charge in [0, 0.05) is 14.1 Å². The lowest BCUT2D eigenvalue weighted by Gasteiger charge is -2.20. The maximum atomic E-state index is 11.8. The van der Waals surface area contributed by atoms with Crippen LogP contribution in [0.4, 0.5) is 5.82 Å². The van der Waals surface area contributed by atoms with Gasteiger partial charge >= 0.3 is 5.69 Å². The number of nitrogens with zero attached hydrogens (tertiary/aromatic N) is 3. The van der Waals surface area contributed by atoms with E-state index in [0.29, 0.717) is 0 Å². The van der Waals surface area contributed by atoms with Crippen LogP contribution in [0.2, 0.25) is 0 Å². The fourth-order valence-corrected chi connectivity index (χ4v) is 1.39. The molecule has 7 nitrogen and oxygen atoms in total. The van der Waals surface area contributed by atoms with Crippen molar-refractivity contribution in [1.29, 1.82) is 0 Å². The van der Waals surface area contributed by atoms with Gasteiger partial charge in [-0.3, -0.25) is 9.36 Å². The number of aliphatic hydroxyl groups is 1. The molecule has 0 fully saturated rings. The van der Waals surface area contributed by atoms with Gasteiger partial charge in [0.15, 0.2) is 0 Å². The van der Waals surface area contributed by atoms with E-state index in [1.807, 2.05) is 13.8 Å². The molecule has 1 atom stereocenters. The molecule has 1 rings (SSSR count). The second-order valence-electron chi connectivity index (χ2n) is 4.30. The molecule has 0 saturated heterocycles. The average molecular weight is 242 g/mol. The summed E-state index contributed by atoms with van der Waals surface area (Å²) in [6.45, 7) is 3.73. The Hall–Kier alpha value is -1.63. The van der Waals surface area contributed by atoms with E-state index in [4.69, 9.17) is 0 Å². The first-order valence-electron chi connectivity index (χ1n) is 5.40. The molecule has 0 spiro atoms. The summed E-state index contributed by atoms with van der Waals surface area (Å²) in [7, 11) is 2.86. The lowest BCUT2D eigenvalue weighted by Crippen LogP contribution is -2.42. The number of aryl methyl sites for hydroxylation is 1. The molecule has 2 N–H and O–H groups in total. The number of hydrogen-bond acceptors (Lipinski definition) is 5. The maximum Gasteiger partial charge on any atom is 0.346 e. The molecular formula is C10H18N4O3. The second-order valence-corrected chi connectivity index (χ2v) is 4.30. The summed E-state index contributed by atoms with van der Waals surface area (Å²) in [5, 5.41) is 15.9. The molecule has 1 heterocycles. The minimum Gasteiger partial charge on any atom is -0.394 e. The minimum atomic E-state index is -0.493. The van der Waals surface area contributed by atoms with E-state index >= 15 is 0 Å². The normalized spacial score (nSPS) is 12.8. The minimum absolute atomic E-state index is 0.0716. The highest BCUT2D eigenvalue weighted by molar-refractivity contribution is 5.31. The van der Waals surface area contributed by atoms with Crippen molar-refractivity contribution in [2.45, 2.75) is 19.9 Å². The molecule has 0 radical (unpaired) electrons. The Balaban J connectivity index is 3.16. The van der Waals surface area contributed by atoms with Crippen molar-refractivity contribution in [1.82, 2.24) is 14.3 Å². The summed E-state index contributed by atoms with van der Waals surface area (Å²) in [5.41, 5.74) is -0.974. The summed E-state index contributed by atoms with van der Waals surface area (Å²) in [4.78, 5) is 23.2. The van der Waals surface area contributed by atoms with E-state index in [1.54, 1.807) is 0 Å². The summed E-state index contributed by atoms with van der Waals surface area (Å²) in [6.07, 6.45) is 0. The quantitative estimate of drug-likeness (QED) is 0.700. The molecule has 1 aromatic heterocycles. The standard InChI is InChI=1S/C10H18N4O3/c1-6(2)7(5-15)11-8-9(16)13(3)10(17)14(4)12-8/h6-7,15H,5H2,1-4H3,(H,11,12). The van der Waals surface area contributed by atoms with Crippen molar-refractivity contribution in [3.8, 4) is 0 Å². The Morgan fingerprint density at radius 2 is 1.94 bits per heavy atom. The van der Waals surface area contributed by atoms with Crippen molar-refractivity contribution in [2.75, 3.05) is 11.9 Å². The number of aliphatic hydroxyl groups excluding tert-OH is 1. The Labute approximate surface area is 98.7 Å². The van der Waals surface area contributed by atoms with Crippen LogP contribution in [0, 0.1) is 5.92 Å². The van der Waals surface area contributed by atoms with Crippen LogP contribution in [-0.2, 0) is 14.1 Å². The Bertz CT molecular complexity index is 503. The van der Waals surface area contributed by atoms with Gasteiger partial charge in [-0.15, -0.1) is 5.10 Å². The zero-order chi connectivity index (χ0) is 13.2. The van der Waals surface area contributed by atoms with E-state index in [0.717, 1.165) is 9.25 Å². The van der Waals surface area contributed by atoms with Crippen molar-refractivity contribution in [3.05, 3.63) is 20.8 Å². The van der Waals surface area contributed by atoms with Crippen molar-refractivity contribution >= 4 is 5.82 Å². The molecule has 0 amide bonds. The first-order chi connectivity index (χ1) is 7.88. The zero-order valence-electron chi connectivity index (χ0n) is 10.5. The smallest absolute Gasteiger partial charge is 0.346 e. The van der Waals surface area contributed by atoms with Gasteiger partial charge in [-0.25, -0.2) is 9.48 Å². The van der Waals surface area contributed by atoms with Gasteiger partial charge in [-0.1, -0.05) is 13.8 Å². The van der Waals surface area contributed by atoms with E-state index < -0.39 is 11.2 Å². The zero-order valence-corrected chi connectivity index (χ0v) is 10.5. The van der Waals surface area contributed by atoms with Gasteiger partial charge < -0.3 is 10.4 Å². The largest absolute Gasteiger partial charge is 0.394 e. The SMILES string of the molecule is CC(C)C(CO)Nc1nn(C)c(=O)n(C)c1=O. The second kappa shape index (κ2) is 5.13. The Morgan fingerprint density at radius 3 is 2.41 bits per heavy atom. The molecule has 1 unspecified atom stereocenters. The Morgan fingerprint density at radius 1 is 1.35 bits per heavy atom. The lowest BCUT2D eigenvalue weighted by atomic mass is 10.1. The molecule has 0 bridgehead atoms. The van der Waals surface area contributed by atoms with Gasteiger partial charge in [0.25, 0.3) is 5.56 Å². The van der Waals surface area contributed by atoms with Crippen LogP contribution in [0.3, 0.4) is 0 Å². The van der Waals surface area contributed by atoms with Crippen molar-refractivity contribution < 1.29 is 5.11 Å². The summed E-state index contributed by atoms with van der Waals surface area (Å²) in [5.74, 6) is 0.214. The number of aromatic nitrogens is 3. The molecule has 0 aromatic carbocycles. The predicted octanol–water partition coefficient (Wildman–Crippen LogP) is -1.09. The van der Waals surface area contributed by atoms with Gasteiger partial charge in [0.2, 0.25) is 5.82 Å². The average Bonchev–Trinajstić information content (AvgIpc) is 2.29. The highest BCUT2D eigenvalue weighted by Gasteiger charge is 2.16. The van der Waals surface area contributed by atoms with Crippen LogP contribution < -0.4 is 16.6 Å². The molecule has 0 aliphatic heterocycles. The molecular weight excluding hydrogens is 224 g/mol. The van der Waals surface area contributed by atoms with Crippen LogP contribution in [0.15, 0.2) is 9.59 Å². The number of rotatable bonds is 4. The fourth-order valence-electron chi connectivity index (χ4n) is 1.39. The lowest BCUT2D eigenvalue weighted by molar-refractivity contribution is 0.248. The van der Waals surface area contributed by atoms with Crippen LogP contribution in [-0.4, -0.2) is 32.1 Å². The highest BCUT2D eigenvalue weighted by atomic mass is 16.3. The topological polar surface area (TPSA) is 89.2 Å². The van der Waals surface area contributed by atoms with Crippen molar-refractivity contribution in [2.24, 2.45) is 20.0 Å². The van der Waals surface area contributed by atoms with E-state index in [2.05, 4.69) is 10.4 Å². The number of anilines is 1. The molecule has 7 heteroatoms. The molecule has 0 aliphatic rings. The molecule has 0 saturated carbocycles.